The molecule has 11 aromatic rings. The van der Waals surface area contributed by atoms with Crippen molar-refractivity contribution in [2.75, 3.05) is 14.7 Å². The summed E-state index contributed by atoms with van der Waals surface area (Å²) in [6.45, 7) is 22.9. The Kier molecular flexibility index (Phi) is 19.5. The molecule has 0 aromatic heterocycles. The number of para-hydroxylation sites is 3. The third kappa shape index (κ3) is 14.2. The lowest BCUT2D eigenvalue weighted by Gasteiger charge is -2.26. The van der Waals surface area contributed by atoms with Crippen molar-refractivity contribution in [3.8, 4) is 0 Å². The second-order valence-electron chi connectivity index (χ2n) is 25.3. The van der Waals surface area contributed by atoms with Gasteiger partial charge in [0.25, 0.3) is 0 Å². The Bertz CT molecular complexity index is 3580. The fourth-order valence-corrected chi connectivity index (χ4v) is 14.0. The molecule has 18 bridgehead atoms. The highest BCUT2D eigenvalue weighted by atomic mass is 15.2. The maximum absolute atomic E-state index is 3.92. The summed E-state index contributed by atoms with van der Waals surface area (Å²) in [5, 5.41) is 23.5. The topological polar surface area (TPSA) is 81.9 Å². The van der Waals surface area contributed by atoms with E-state index in [-0.39, 0.29) is 0 Å². The molecule has 11 aromatic carbocycles. The van der Waals surface area contributed by atoms with Crippen molar-refractivity contribution in [2.24, 2.45) is 0 Å². The van der Waals surface area contributed by atoms with E-state index in [2.05, 4.69) is 325 Å². The molecular weight excluding hydrogens is 1130 g/mol. The van der Waals surface area contributed by atoms with Crippen LogP contribution in [0, 0.1) is 41.5 Å². The average Bonchev–Trinajstić information content (AvgIpc) is 1.64. The number of benzene rings is 11. The maximum atomic E-state index is 3.92. The minimum absolute atomic E-state index is 0.741. The van der Waals surface area contributed by atoms with Gasteiger partial charge in [0, 0.05) is 130 Å². The van der Waals surface area contributed by atoms with Crippen molar-refractivity contribution in [1.82, 2.24) is 31.9 Å². The Morgan fingerprint density at radius 3 is 0.462 bits per heavy atom. The molecule has 93 heavy (non-hydrogen) atoms. The Labute approximate surface area is 551 Å². The third-order valence-corrected chi connectivity index (χ3v) is 19.4. The first-order chi connectivity index (χ1) is 45.6. The molecule has 0 fully saturated rings. The second kappa shape index (κ2) is 29.0. The van der Waals surface area contributed by atoms with Crippen LogP contribution in [0.25, 0.3) is 0 Å². The molecule has 21 heterocycles. The quantitative estimate of drug-likeness (QED) is 0.104. The summed E-state index contributed by atoms with van der Waals surface area (Å²) in [6, 6.07) is 86.8. The van der Waals surface area contributed by atoms with Gasteiger partial charge in [0.1, 0.15) is 0 Å². The molecule has 0 spiro atoms. The lowest BCUT2D eigenvalue weighted by Crippen LogP contribution is -2.22. The number of nitrogens with zero attached hydrogens (tertiary/aromatic N) is 3. The van der Waals surface area contributed by atoms with Crippen LogP contribution in [-0.2, 0) is 78.5 Å². The zero-order chi connectivity index (χ0) is 63.6. The van der Waals surface area contributed by atoms with Crippen LogP contribution in [0.3, 0.4) is 0 Å². The van der Waals surface area contributed by atoms with Gasteiger partial charge in [0.15, 0.2) is 0 Å². The zero-order valence-electron chi connectivity index (χ0n) is 54.8. The van der Waals surface area contributed by atoms with Gasteiger partial charge in [-0.1, -0.05) is 127 Å². The van der Waals surface area contributed by atoms with Crippen LogP contribution >= 0.6 is 0 Å². The van der Waals surface area contributed by atoms with Crippen LogP contribution in [0.15, 0.2) is 237 Å². The molecule has 0 unspecified atom stereocenters. The normalized spacial score (nSPS) is 14.6. The van der Waals surface area contributed by atoms with Crippen molar-refractivity contribution in [3.63, 3.8) is 0 Å². The van der Waals surface area contributed by atoms with Gasteiger partial charge >= 0.3 is 0 Å². The Morgan fingerprint density at radius 2 is 0.312 bits per heavy atom. The molecule has 0 atom stereocenters. The Hall–Kier alpha value is -9.42. The lowest BCUT2D eigenvalue weighted by atomic mass is 9.87. The molecule has 6 N–H and O–H groups in total. The molecule has 9 heteroatoms. The molecule has 32 rings (SSSR count). The maximum Gasteiger partial charge on any atom is 0.0461 e. The summed E-state index contributed by atoms with van der Waals surface area (Å²) < 4.78 is 0. The van der Waals surface area contributed by atoms with E-state index >= 15 is 0 Å². The number of anilines is 9. The van der Waals surface area contributed by atoms with Crippen LogP contribution < -0.4 is 46.6 Å². The molecular formula is C84H87N9. The highest BCUT2D eigenvalue weighted by Gasteiger charge is 2.22. The predicted octanol–water partition coefficient (Wildman–Crippen LogP) is 18.3. The van der Waals surface area contributed by atoms with Crippen LogP contribution in [-0.4, -0.2) is 0 Å². The van der Waals surface area contributed by atoms with Gasteiger partial charge in [-0.3, -0.25) is 0 Å². The van der Waals surface area contributed by atoms with Gasteiger partial charge < -0.3 is 46.6 Å². The van der Waals surface area contributed by atoms with Crippen LogP contribution in [0.4, 0.5) is 51.2 Å². The summed E-state index contributed by atoms with van der Waals surface area (Å²) >= 11 is 0. The molecule has 0 radical (unpaired) electrons. The van der Waals surface area contributed by atoms with Crippen LogP contribution in [0.1, 0.15) is 100 Å². The van der Waals surface area contributed by atoms with Crippen molar-refractivity contribution in [2.45, 2.75) is 120 Å². The predicted molar refractivity (Wildman–Crippen MR) is 388 cm³/mol. The standard InChI is InChI=1S/C84H87N9/c1-58-79-52-85-46-64-22-34-73(35-23-64)91(70-16-10-7-11-17-70)76-40-28-67(29-41-76)49-88-55-82-61(4)83-56-89-50-68-30-42-77(43-31-68)92(71-18-12-8-13-19-71)74-36-24-65(25-37-74)47-86-53-80(58)60(3)81(59(79)2)54-87-48-66-26-38-75(39-27-66)93(72-20-14-9-15-21-72)78-44-32-69(33-45-78)51-90-57-84(62(82)5)63(83)6/h7-45,85-90H,46-57H2,1-6H3. The van der Waals surface area contributed by atoms with E-state index in [1.54, 1.807) is 0 Å². The summed E-state index contributed by atoms with van der Waals surface area (Å²) in [7, 11) is 0. The molecule has 9 nitrogen and oxygen atoms in total. The van der Waals surface area contributed by atoms with Gasteiger partial charge in [-0.15, -0.1) is 0 Å². The molecule has 0 saturated carbocycles. The van der Waals surface area contributed by atoms with E-state index in [1.807, 2.05) is 0 Å². The summed E-state index contributed by atoms with van der Waals surface area (Å²) in [6.07, 6.45) is 0. The molecule has 0 saturated heterocycles. The highest BCUT2D eigenvalue weighted by molar-refractivity contribution is 5.79. The van der Waals surface area contributed by atoms with Gasteiger partial charge in [0.05, 0.1) is 0 Å². The minimum Gasteiger partial charge on any atom is -0.311 e. The fourth-order valence-electron chi connectivity index (χ4n) is 14.0. The van der Waals surface area contributed by atoms with E-state index in [9.17, 15) is 0 Å². The van der Waals surface area contributed by atoms with E-state index in [4.69, 9.17) is 0 Å². The van der Waals surface area contributed by atoms with Crippen molar-refractivity contribution >= 4 is 51.2 Å². The first-order valence-electron chi connectivity index (χ1n) is 33.2. The van der Waals surface area contributed by atoms with E-state index in [0.29, 0.717) is 0 Å². The van der Waals surface area contributed by atoms with E-state index < -0.39 is 0 Å². The van der Waals surface area contributed by atoms with Gasteiger partial charge in [-0.05, 0) is 251 Å². The largest absolute Gasteiger partial charge is 0.311 e. The number of hydrogen-bond acceptors (Lipinski definition) is 9. The van der Waals surface area contributed by atoms with Crippen molar-refractivity contribution in [1.29, 1.82) is 0 Å². The number of rotatable bonds is 3. The number of hydrogen-bond donors (Lipinski definition) is 6. The first-order valence-corrected chi connectivity index (χ1v) is 33.2. The van der Waals surface area contributed by atoms with Crippen molar-refractivity contribution in [3.05, 3.63) is 337 Å². The SMILES string of the molecule is Cc1c2c(C)c3c(C)c1CNCc1ccc(cc1)N(c1ccccc1)c1ccc(cc1)CNCc1c(C)c(c(C)c(c1C)CNCc1ccc(cc1)N(c1ccccc1)c1ccc(cc1)CNC3)CNCc1ccc(cc1)N(c1ccccc1)c1ccc(cc1)CNC2. The average molecular weight is 1220 g/mol. The van der Waals surface area contributed by atoms with Crippen LogP contribution in [0.5, 0.6) is 0 Å². The smallest absolute Gasteiger partial charge is 0.0461 e. The van der Waals surface area contributed by atoms with Crippen molar-refractivity contribution < 1.29 is 0 Å². The number of nitrogens with one attached hydrogen (secondary N) is 6. The lowest BCUT2D eigenvalue weighted by molar-refractivity contribution is 0.655. The first kappa shape index (κ1) is 62.4. The Morgan fingerprint density at radius 1 is 0.172 bits per heavy atom. The van der Waals surface area contributed by atoms with E-state index in [0.717, 1.165) is 130 Å². The summed E-state index contributed by atoms with van der Waals surface area (Å²) in [5.41, 5.74) is 33.7. The second-order valence-corrected chi connectivity index (χ2v) is 25.3. The van der Waals surface area contributed by atoms with Gasteiger partial charge in [-0.2, -0.15) is 0 Å². The van der Waals surface area contributed by atoms with E-state index in [1.165, 1.54) is 100 Å². The Balaban J connectivity index is 0.893. The fraction of sp³-hybridized carbons (Fsp3) is 0.214. The molecule has 468 valence electrons. The molecule has 21 aliphatic heterocycles. The minimum atomic E-state index is 0.741. The monoisotopic (exact) mass is 1220 g/mol. The summed E-state index contributed by atoms with van der Waals surface area (Å²) in [4.78, 5) is 7.08. The van der Waals surface area contributed by atoms with Crippen LogP contribution in [0.2, 0.25) is 0 Å². The van der Waals surface area contributed by atoms with Gasteiger partial charge in [0.2, 0.25) is 0 Å². The molecule has 0 aliphatic carbocycles. The summed E-state index contributed by atoms with van der Waals surface area (Å²) in [5.74, 6) is 0. The zero-order valence-corrected chi connectivity index (χ0v) is 54.8. The molecule has 0 amide bonds. The third-order valence-electron chi connectivity index (χ3n) is 19.4. The molecule has 21 aliphatic rings. The van der Waals surface area contributed by atoms with Gasteiger partial charge in [-0.25, -0.2) is 0 Å². The highest BCUT2D eigenvalue weighted by Crippen LogP contribution is 2.39.